The van der Waals surface area contributed by atoms with E-state index in [-0.39, 0.29) is 33.6 Å². The first kappa shape index (κ1) is 23.9. The Morgan fingerprint density at radius 3 is 2.50 bits per heavy atom. The Kier molecular flexibility index (Phi) is 7.66. The third kappa shape index (κ3) is 5.54. The van der Waals surface area contributed by atoms with Gasteiger partial charge in [-0.3, -0.25) is 9.59 Å². The van der Waals surface area contributed by atoms with Crippen LogP contribution in [0.2, 0.25) is 15.1 Å². The minimum atomic E-state index is -0.644. The van der Waals surface area contributed by atoms with Crippen molar-refractivity contribution >= 4 is 63.3 Å². The predicted octanol–water partition coefficient (Wildman–Crippen LogP) is 5.18. The fourth-order valence-corrected chi connectivity index (χ4v) is 3.63. The molecule has 0 saturated heterocycles. The Balaban J connectivity index is 1.59. The highest BCUT2D eigenvalue weighted by atomic mass is 35.5. The lowest BCUT2D eigenvalue weighted by atomic mass is 10.0. The zero-order chi connectivity index (χ0) is 23.4. The van der Waals surface area contributed by atoms with Crippen LogP contribution in [-0.4, -0.2) is 25.6 Å². The van der Waals surface area contributed by atoms with E-state index >= 15 is 0 Å². The summed E-state index contributed by atoms with van der Waals surface area (Å²) in [5, 5.41) is 3.88. The summed E-state index contributed by atoms with van der Waals surface area (Å²) in [5.74, 6) is -0.681. The molecule has 1 amide bonds. The van der Waals surface area contributed by atoms with Crippen LogP contribution in [0.1, 0.15) is 17.5 Å². The van der Waals surface area contributed by atoms with Gasteiger partial charge in [0.15, 0.2) is 6.61 Å². The van der Waals surface area contributed by atoms with E-state index in [9.17, 15) is 14.4 Å². The fraction of sp³-hybridized carbons (Fsp3) is 0.227. The lowest BCUT2D eigenvalue weighted by Gasteiger charge is -2.10. The minimum Gasteiger partial charge on any atom is -0.497 e. The number of aryl methyl sites for hydroxylation is 1. The molecule has 2 aromatic carbocycles. The highest BCUT2D eigenvalue weighted by molar-refractivity contribution is 6.44. The summed E-state index contributed by atoms with van der Waals surface area (Å²) in [4.78, 5) is 36.5. The summed E-state index contributed by atoms with van der Waals surface area (Å²) >= 11 is 17.8. The van der Waals surface area contributed by atoms with E-state index in [1.54, 1.807) is 25.1 Å². The van der Waals surface area contributed by atoms with Gasteiger partial charge in [-0.25, -0.2) is 4.79 Å². The van der Waals surface area contributed by atoms with Gasteiger partial charge in [0.2, 0.25) is 0 Å². The number of carbonyl (C=O) groups excluding carboxylic acids is 2. The maximum Gasteiger partial charge on any atom is 0.339 e. The van der Waals surface area contributed by atoms with E-state index in [1.807, 2.05) is 0 Å². The van der Waals surface area contributed by atoms with Crippen LogP contribution in [-0.2, 0) is 20.7 Å². The molecule has 0 aliphatic rings. The normalized spacial score (nSPS) is 10.8. The van der Waals surface area contributed by atoms with Gasteiger partial charge in [-0.05, 0) is 43.2 Å². The molecule has 10 heteroatoms. The Hall–Kier alpha value is -2.74. The van der Waals surface area contributed by atoms with Gasteiger partial charge in [-0.2, -0.15) is 0 Å². The highest BCUT2D eigenvalue weighted by Gasteiger charge is 2.16. The quantitative estimate of drug-likeness (QED) is 0.274. The molecule has 0 saturated carbocycles. The molecule has 0 fully saturated rings. The van der Waals surface area contributed by atoms with Gasteiger partial charge in [0.1, 0.15) is 11.3 Å². The van der Waals surface area contributed by atoms with E-state index in [1.165, 1.54) is 19.2 Å². The van der Waals surface area contributed by atoms with Gasteiger partial charge in [0.25, 0.3) is 5.91 Å². The van der Waals surface area contributed by atoms with Gasteiger partial charge in [0, 0.05) is 23.4 Å². The maximum absolute atomic E-state index is 12.4. The van der Waals surface area contributed by atoms with Crippen LogP contribution in [0.5, 0.6) is 5.75 Å². The van der Waals surface area contributed by atoms with Crippen molar-refractivity contribution in [3.8, 4) is 5.75 Å². The van der Waals surface area contributed by atoms with Gasteiger partial charge in [0.05, 0.1) is 27.9 Å². The highest BCUT2D eigenvalue weighted by Crippen LogP contribution is 2.32. The smallest absolute Gasteiger partial charge is 0.339 e. The van der Waals surface area contributed by atoms with Gasteiger partial charge < -0.3 is 19.2 Å². The van der Waals surface area contributed by atoms with Crippen LogP contribution >= 0.6 is 34.8 Å². The zero-order valence-corrected chi connectivity index (χ0v) is 19.4. The van der Waals surface area contributed by atoms with Crippen molar-refractivity contribution in [2.45, 2.75) is 19.8 Å². The van der Waals surface area contributed by atoms with Crippen LogP contribution in [0.3, 0.4) is 0 Å². The summed E-state index contributed by atoms with van der Waals surface area (Å²) in [6, 6.07) is 7.95. The average Bonchev–Trinajstić information content (AvgIpc) is 2.75. The second kappa shape index (κ2) is 10.3. The summed E-state index contributed by atoms with van der Waals surface area (Å²) in [6.07, 6.45) is 0.00325. The molecule has 0 unspecified atom stereocenters. The first-order valence-electron chi connectivity index (χ1n) is 9.40. The van der Waals surface area contributed by atoms with Crippen molar-refractivity contribution in [3.63, 3.8) is 0 Å². The SMILES string of the molecule is COc1ccc2c(C)c(CCC(=O)OCC(=O)Nc3cc(Cl)c(Cl)cc3Cl)c(=O)oc2c1. The number of nitrogens with one attached hydrogen (secondary N) is 1. The fourth-order valence-electron chi connectivity index (χ4n) is 3.04. The summed E-state index contributed by atoms with van der Waals surface area (Å²) in [6.45, 7) is 1.25. The van der Waals surface area contributed by atoms with Crippen molar-refractivity contribution in [1.82, 2.24) is 0 Å². The average molecular weight is 499 g/mol. The van der Waals surface area contributed by atoms with E-state index in [0.717, 1.165) is 5.39 Å². The molecular weight excluding hydrogens is 481 g/mol. The molecule has 0 radical (unpaired) electrons. The van der Waals surface area contributed by atoms with Gasteiger partial charge in [-0.15, -0.1) is 0 Å². The van der Waals surface area contributed by atoms with Crippen molar-refractivity contribution in [3.05, 3.63) is 66.9 Å². The van der Waals surface area contributed by atoms with Gasteiger partial charge >= 0.3 is 11.6 Å². The number of fused-ring (bicyclic) bond motifs is 1. The third-order valence-electron chi connectivity index (χ3n) is 4.72. The number of ether oxygens (including phenoxy) is 2. The van der Waals surface area contributed by atoms with Crippen LogP contribution in [0.25, 0.3) is 11.0 Å². The van der Waals surface area contributed by atoms with Crippen molar-refractivity contribution in [2.24, 2.45) is 0 Å². The number of hydrogen-bond acceptors (Lipinski definition) is 6. The van der Waals surface area contributed by atoms with E-state index < -0.39 is 24.1 Å². The lowest BCUT2D eigenvalue weighted by Crippen LogP contribution is -2.21. The first-order chi connectivity index (χ1) is 15.2. The number of hydrogen-bond donors (Lipinski definition) is 1. The second-order valence-electron chi connectivity index (χ2n) is 6.81. The van der Waals surface area contributed by atoms with Crippen LogP contribution < -0.4 is 15.7 Å². The van der Waals surface area contributed by atoms with Crippen LogP contribution in [0, 0.1) is 6.92 Å². The largest absolute Gasteiger partial charge is 0.497 e. The molecule has 0 aliphatic heterocycles. The van der Waals surface area contributed by atoms with Crippen LogP contribution in [0.4, 0.5) is 5.69 Å². The number of amides is 1. The zero-order valence-electron chi connectivity index (χ0n) is 17.1. The van der Waals surface area contributed by atoms with Crippen LogP contribution in [0.15, 0.2) is 39.5 Å². The standard InChI is InChI=1S/C22H18Cl3NO6/c1-11-13-4-3-12(30-2)7-19(13)32-22(29)14(11)5-6-21(28)31-10-20(27)26-18-9-16(24)15(23)8-17(18)25/h3-4,7-9H,5-6,10H2,1-2H3,(H,26,27). The maximum atomic E-state index is 12.4. The number of methoxy groups -OCH3 is 1. The predicted molar refractivity (Wildman–Crippen MR) is 123 cm³/mol. The molecule has 1 heterocycles. The number of benzene rings is 2. The number of anilines is 1. The lowest BCUT2D eigenvalue weighted by molar-refractivity contribution is -0.147. The number of esters is 1. The van der Waals surface area contributed by atoms with E-state index in [0.29, 0.717) is 22.5 Å². The molecule has 1 N–H and O–H groups in total. The van der Waals surface area contributed by atoms with E-state index in [2.05, 4.69) is 5.32 Å². The molecule has 0 atom stereocenters. The number of rotatable bonds is 7. The molecule has 32 heavy (non-hydrogen) atoms. The Bertz CT molecular complexity index is 1250. The Morgan fingerprint density at radius 2 is 1.78 bits per heavy atom. The van der Waals surface area contributed by atoms with Crippen molar-refractivity contribution in [1.29, 1.82) is 0 Å². The molecule has 168 valence electrons. The summed E-state index contributed by atoms with van der Waals surface area (Å²) in [7, 11) is 1.52. The van der Waals surface area contributed by atoms with E-state index in [4.69, 9.17) is 48.7 Å². The van der Waals surface area contributed by atoms with Gasteiger partial charge in [-0.1, -0.05) is 34.8 Å². The number of halogens is 3. The molecule has 0 spiro atoms. The molecule has 7 nitrogen and oxygen atoms in total. The summed E-state index contributed by atoms with van der Waals surface area (Å²) in [5.41, 5.74) is 1.17. The minimum absolute atomic E-state index is 0.103. The third-order valence-corrected chi connectivity index (χ3v) is 5.76. The molecule has 0 bridgehead atoms. The summed E-state index contributed by atoms with van der Waals surface area (Å²) < 4.78 is 15.5. The molecule has 1 aromatic heterocycles. The molecular formula is C22H18Cl3NO6. The number of carbonyl (C=O) groups is 2. The molecule has 3 rings (SSSR count). The molecule has 3 aromatic rings. The molecule has 0 aliphatic carbocycles. The monoisotopic (exact) mass is 497 g/mol. The Morgan fingerprint density at radius 1 is 1.06 bits per heavy atom. The topological polar surface area (TPSA) is 94.8 Å². The van der Waals surface area contributed by atoms with Crippen molar-refractivity contribution < 1.29 is 23.5 Å². The first-order valence-corrected chi connectivity index (χ1v) is 10.5. The Labute approximate surface area is 198 Å². The second-order valence-corrected chi connectivity index (χ2v) is 8.03. The van der Waals surface area contributed by atoms with Crippen molar-refractivity contribution in [2.75, 3.05) is 19.0 Å².